The van der Waals surface area contributed by atoms with Crippen LogP contribution in [0.1, 0.15) is 17.9 Å². The Balaban J connectivity index is 2.44. The molecule has 2 rings (SSSR count). The largest absolute Gasteiger partial charge is 0.356 e. The SMILES string of the molecule is O=C1NCCC1c1c(F)cccc1Cl. The van der Waals surface area contributed by atoms with Gasteiger partial charge in [0.05, 0.1) is 5.92 Å². The van der Waals surface area contributed by atoms with E-state index in [9.17, 15) is 9.18 Å². The van der Waals surface area contributed by atoms with Gasteiger partial charge >= 0.3 is 0 Å². The van der Waals surface area contributed by atoms with Gasteiger partial charge in [0.2, 0.25) is 5.91 Å². The summed E-state index contributed by atoms with van der Waals surface area (Å²) in [5.41, 5.74) is 0.323. The van der Waals surface area contributed by atoms with Crippen LogP contribution in [-0.2, 0) is 4.79 Å². The lowest BCUT2D eigenvalue weighted by Gasteiger charge is -2.10. The average molecular weight is 214 g/mol. The van der Waals surface area contributed by atoms with E-state index in [1.807, 2.05) is 0 Å². The van der Waals surface area contributed by atoms with Gasteiger partial charge in [-0.3, -0.25) is 4.79 Å². The van der Waals surface area contributed by atoms with Crippen molar-refractivity contribution in [3.63, 3.8) is 0 Å². The molecule has 1 unspecified atom stereocenters. The highest BCUT2D eigenvalue weighted by Crippen LogP contribution is 2.31. The van der Waals surface area contributed by atoms with E-state index < -0.39 is 11.7 Å². The lowest BCUT2D eigenvalue weighted by Crippen LogP contribution is -2.18. The lowest BCUT2D eigenvalue weighted by atomic mass is 9.97. The summed E-state index contributed by atoms with van der Waals surface area (Å²) in [5, 5.41) is 2.98. The molecular formula is C10H9ClFNO. The standard InChI is InChI=1S/C10H9ClFNO/c11-7-2-1-3-8(12)9(7)6-4-5-13-10(6)14/h1-3,6H,4-5H2,(H,13,14). The first-order valence-electron chi connectivity index (χ1n) is 4.42. The maximum Gasteiger partial charge on any atom is 0.227 e. The number of rotatable bonds is 1. The highest BCUT2D eigenvalue weighted by atomic mass is 35.5. The highest BCUT2D eigenvalue weighted by Gasteiger charge is 2.29. The van der Waals surface area contributed by atoms with E-state index in [-0.39, 0.29) is 5.91 Å². The second kappa shape index (κ2) is 3.58. The molecule has 2 nitrogen and oxygen atoms in total. The van der Waals surface area contributed by atoms with Crippen LogP contribution in [0.15, 0.2) is 18.2 Å². The molecule has 0 spiro atoms. The molecule has 1 fully saturated rings. The third kappa shape index (κ3) is 1.48. The second-order valence-corrected chi connectivity index (χ2v) is 3.67. The summed E-state index contributed by atoms with van der Waals surface area (Å²) in [6, 6.07) is 4.46. The maximum atomic E-state index is 13.4. The molecule has 1 aromatic carbocycles. The van der Waals surface area contributed by atoms with E-state index in [1.165, 1.54) is 12.1 Å². The van der Waals surface area contributed by atoms with E-state index in [0.717, 1.165) is 0 Å². The van der Waals surface area contributed by atoms with Crippen molar-refractivity contribution in [3.8, 4) is 0 Å². The summed E-state index contributed by atoms with van der Waals surface area (Å²) in [6.45, 7) is 0.591. The number of amides is 1. The van der Waals surface area contributed by atoms with Gasteiger partial charge in [0.15, 0.2) is 0 Å². The minimum atomic E-state index is -0.427. The van der Waals surface area contributed by atoms with Gasteiger partial charge < -0.3 is 5.32 Å². The first-order valence-corrected chi connectivity index (χ1v) is 4.79. The highest BCUT2D eigenvalue weighted by molar-refractivity contribution is 6.31. The van der Waals surface area contributed by atoms with Crippen molar-refractivity contribution in [1.29, 1.82) is 0 Å². The maximum absolute atomic E-state index is 13.4. The van der Waals surface area contributed by atoms with Crippen LogP contribution < -0.4 is 5.32 Å². The van der Waals surface area contributed by atoms with Gasteiger partial charge in [-0.15, -0.1) is 0 Å². The minimum absolute atomic E-state index is 0.142. The molecule has 1 aliphatic rings. The zero-order valence-electron chi connectivity index (χ0n) is 7.39. The number of benzene rings is 1. The fourth-order valence-corrected chi connectivity index (χ4v) is 2.01. The molecule has 1 saturated heterocycles. The molecule has 0 radical (unpaired) electrons. The number of hydrogen-bond acceptors (Lipinski definition) is 1. The van der Waals surface area contributed by atoms with Crippen molar-refractivity contribution < 1.29 is 9.18 Å². The Morgan fingerprint density at radius 3 is 2.86 bits per heavy atom. The molecule has 1 amide bonds. The summed E-state index contributed by atoms with van der Waals surface area (Å²) in [7, 11) is 0. The molecule has 1 N–H and O–H groups in total. The van der Waals surface area contributed by atoms with E-state index in [1.54, 1.807) is 6.07 Å². The zero-order valence-corrected chi connectivity index (χ0v) is 8.14. The Bertz CT molecular complexity index is 360. The monoisotopic (exact) mass is 213 g/mol. The number of hydrogen-bond donors (Lipinski definition) is 1. The lowest BCUT2D eigenvalue weighted by molar-refractivity contribution is -0.120. The van der Waals surface area contributed by atoms with Crippen LogP contribution in [0.2, 0.25) is 5.02 Å². The summed E-state index contributed by atoms with van der Waals surface area (Å²) >= 11 is 5.85. The fourth-order valence-electron chi connectivity index (χ4n) is 1.71. The van der Waals surface area contributed by atoms with Gasteiger partial charge in [-0.2, -0.15) is 0 Å². The van der Waals surface area contributed by atoms with E-state index in [4.69, 9.17) is 11.6 Å². The molecule has 0 aromatic heterocycles. The van der Waals surface area contributed by atoms with Crippen LogP contribution in [0.5, 0.6) is 0 Å². The molecule has 74 valence electrons. The van der Waals surface area contributed by atoms with Crippen LogP contribution in [0, 0.1) is 5.82 Å². The molecule has 1 atom stereocenters. The van der Waals surface area contributed by atoms with Crippen LogP contribution in [0.3, 0.4) is 0 Å². The van der Waals surface area contributed by atoms with Crippen molar-refractivity contribution in [2.75, 3.05) is 6.54 Å². The van der Waals surface area contributed by atoms with Gasteiger partial charge in [0.25, 0.3) is 0 Å². The Hall–Kier alpha value is -1.09. The summed E-state index contributed by atoms with van der Waals surface area (Å²) in [5.74, 6) is -0.972. The van der Waals surface area contributed by atoms with E-state index in [2.05, 4.69) is 5.32 Å². The van der Waals surface area contributed by atoms with Crippen molar-refractivity contribution in [3.05, 3.63) is 34.6 Å². The number of carbonyl (C=O) groups is 1. The fraction of sp³-hybridized carbons (Fsp3) is 0.300. The summed E-state index contributed by atoms with van der Waals surface area (Å²) in [4.78, 5) is 11.3. The molecule has 0 saturated carbocycles. The Morgan fingerprint density at radius 1 is 1.50 bits per heavy atom. The van der Waals surface area contributed by atoms with Crippen molar-refractivity contribution in [2.45, 2.75) is 12.3 Å². The molecule has 4 heteroatoms. The average Bonchev–Trinajstić information content (AvgIpc) is 2.52. The normalized spacial score (nSPS) is 21.0. The van der Waals surface area contributed by atoms with Gasteiger partial charge in [0.1, 0.15) is 5.82 Å². The third-order valence-electron chi connectivity index (χ3n) is 2.40. The van der Waals surface area contributed by atoms with Crippen molar-refractivity contribution in [1.82, 2.24) is 5.32 Å². The van der Waals surface area contributed by atoms with Crippen LogP contribution in [0.25, 0.3) is 0 Å². The summed E-state index contributed by atoms with van der Waals surface area (Å²) < 4.78 is 13.4. The third-order valence-corrected chi connectivity index (χ3v) is 2.73. The van der Waals surface area contributed by atoms with Gasteiger partial charge in [0, 0.05) is 17.1 Å². The Labute approximate surface area is 86.1 Å². The van der Waals surface area contributed by atoms with Gasteiger partial charge in [-0.25, -0.2) is 4.39 Å². The Kier molecular flexibility index (Phi) is 2.42. The van der Waals surface area contributed by atoms with E-state index >= 15 is 0 Å². The first kappa shape index (κ1) is 9.46. The predicted molar refractivity (Wildman–Crippen MR) is 51.8 cm³/mol. The second-order valence-electron chi connectivity index (χ2n) is 3.27. The molecular weight excluding hydrogens is 205 g/mol. The predicted octanol–water partition coefficient (Wildman–Crippen LogP) is 2.08. The van der Waals surface area contributed by atoms with Gasteiger partial charge in [-0.1, -0.05) is 17.7 Å². The van der Waals surface area contributed by atoms with Crippen LogP contribution >= 0.6 is 11.6 Å². The van der Waals surface area contributed by atoms with Crippen LogP contribution in [-0.4, -0.2) is 12.5 Å². The van der Waals surface area contributed by atoms with E-state index in [0.29, 0.717) is 23.6 Å². The molecule has 1 aromatic rings. The molecule has 0 aliphatic carbocycles. The van der Waals surface area contributed by atoms with Crippen LogP contribution in [0.4, 0.5) is 4.39 Å². The number of carbonyl (C=O) groups excluding carboxylic acids is 1. The molecule has 1 aliphatic heterocycles. The molecule has 14 heavy (non-hydrogen) atoms. The zero-order chi connectivity index (χ0) is 10.1. The first-order chi connectivity index (χ1) is 6.70. The number of nitrogens with one attached hydrogen (secondary N) is 1. The number of halogens is 2. The topological polar surface area (TPSA) is 29.1 Å². The smallest absolute Gasteiger partial charge is 0.227 e. The molecule has 1 heterocycles. The Morgan fingerprint density at radius 2 is 2.29 bits per heavy atom. The quantitative estimate of drug-likeness (QED) is 0.761. The molecule has 0 bridgehead atoms. The van der Waals surface area contributed by atoms with Crippen molar-refractivity contribution >= 4 is 17.5 Å². The minimum Gasteiger partial charge on any atom is -0.356 e. The summed E-state index contributed by atoms with van der Waals surface area (Å²) in [6.07, 6.45) is 0.611. The van der Waals surface area contributed by atoms with Crippen molar-refractivity contribution in [2.24, 2.45) is 0 Å². The van der Waals surface area contributed by atoms with Gasteiger partial charge in [-0.05, 0) is 18.6 Å².